The van der Waals surface area contributed by atoms with Crippen molar-refractivity contribution in [1.29, 1.82) is 0 Å². The van der Waals surface area contributed by atoms with Crippen molar-refractivity contribution in [2.24, 2.45) is 0 Å². The van der Waals surface area contributed by atoms with Crippen LogP contribution in [0.15, 0.2) is 30.6 Å². The van der Waals surface area contributed by atoms with Crippen LogP contribution in [0.25, 0.3) is 10.2 Å². The molecule has 0 atom stereocenters. The van der Waals surface area contributed by atoms with Crippen LogP contribution in [0.2, 0.25) is 0 Å². The summed E-state index contributed by atoms with van der Waals surface area (Å²) in [5, 5.41) is 4.13. The molecule has 26 heavy (non-hydrogen) atoms. The Morgan fingerprint density at radius 3 is 2.62 bits per heavy atom. The van der Waals surface area contributed by atoms with Crippen molar-refractivity contribution >= 4 is 39.0 Å². The van der Waals surface area contributed by atoms with Crippen LogP contribution in [0.3, 0.4) is 0 Å². The third kappa shape index (κ3) is 3.77. The zero-order chi connectivity index (χ0) is 18.7. The number of rotatable bonds is 6. The maximum atomic E-state index is 12.3. The highest BCUT2D eigenvalue weighted by atomic mass is 32.1. The number of fused-ring (bicyclic) bond motifs is 1. The predicted octanol–water partition coefficient (Wildman–Crippen LogP) is 4.71. The van der Waals surface area contributed by atoms with Gasteiger partial charge in [0, 0.05) is 5.69 Å². The number of nitrogens with one attached hydrogen (secondary N) is 1. The average molecular weight is 371 g/mol. The van der Waals surface area contributed by atoms with Gasteiger partial charge in [0.2, 0.25) is 0 Å². The molecule has 0 spiro atoms. The number of hydrogen-bond acceptors (Lipinski definition) is 7. The highest BCUT2D eigenvalue weighted by molar-refractivity contribution is 7.20. The van der Waals surface area contributed by atoms with Crippen LogP contribution in [-0.2, 0) is 4.74 Å². The highest BCUT2D eigenvalue weighted by Crippen LogP contribution is 2.35. The number of ether oxygens (including phenoxy) is 2. The van der Waals surface area contributed by atoms with Gasteiger partial charge < -0.3 is 14.8 Å². The first kappa shape index (κ1) is 18.1. The van der Waals surface area contributed by atoms with Crippen LogP contribution in [0.4, 0.5) is 11.5 Å². The van der Waals surface area contributed by atoms with E-state index in [1.165, 1.54) is 17.7 Å². The molecule has 0 radical (unpaired) electrons. The fraction of sp³-hybridized carbons (Fsp3) is 0.316. The lowest BCUT2D eigenvalue weighted by Gasteiger charge is -2.09. The molecule has 3 rings (SSSR count). The first-order valence-electron chi connectivity index (χ1n) is 8.44. The second kappa shape index (κ2) is 7.70. The molecule has 0 aliphatic carbocycles. The monoisotopic (exact) mass is 371 g/mol. The SMILES string of the molecule is CCOc1ccc(Nc2ncnc3sc(C(=O)OC(C)C)c(C)c23)cc1. The van der Waals surface area contributed by atoms with Crippen molar-refractivity contribution in [3.05, 3.63) is 41.0 Å². The molecule has 0 amide bonds. The van der Waals surface area contributed by atoms with E-state index >= 15 is 0 Å². The molecule has 0 aliphatic heterocycles. The summed E-state index contributed by atoms with van der Waals surface area (Å²) in [4.78, 5) is 22.3. The van der Waals surface area contributed by atoms with E-state index in [0.29, 0.717) is 17.3 Å². The Kier molecular flexibility index (Phi) is 5.37. The molecule has 6 nitrogen and oxygen atoms in total. The molecule has 7 heteroatoms. The molecule has 1 aromatic carbocycles. The van der Waals surface area contributed by atoms with Gasteiger partial charge in [-0.15, -0.1) is 11.3 Å². The molecule has 3 aromatic rings. The van der Waals surface area contributed by atoms with Gasteiger partial charge >= 0.3 is 5.97 Å². The minimum atomic E-state index is -0.326. The van der Waals surface area contributed by atoms with Crippen molar-refractivity contribution in [1.82, 2.24) is 9.97 Å². The largest absolute Gasteiger partial charge is 0.494 e. The molecule has 0 saturated heterocycles. The average Bonchev–Trinajstić information content (AvgIpc) is 2.94. The number of carbonyl (C=O) groups is 1. The minimum Gasteiger partial charge on any atom is -0.494 e. The van der Waals surface area contributed by atoms with Gasteiger partial charge in [-0.1, -0.05) is 0 Å². The quantitative estimate of drug-likeness (QED) is 0.633. The van der Waals surface area contributed by atoms with Crippen LogP contribution in [0, 0.1) is 6.92 Å². The Morgan fingerprint density at radius 2 is 1.96 bits per heavy atom. The van der Waals surface area contributed by atoms with Gasteiger partial charge in [0.1, 0.15) is 27.6 Å². The third-order valence-electron chi connectivity index (χ3n) is 3.68. The van der Waals surface area contributed by atoms with E-state index in [-0.39, 0.29) is 12.1 Å². The predicted molar refractivity (Wildman–Crippen MR) is 104 cm³/mol. The number of aromatic nitrogens is 2. The normalized spacial score (nSPS) is 11.0. The molecule has 0 saturated carbocycles. The van der Waals surface area contributed by atoms with Crippen LogP contribution < -0.4 is 10.1 Å². The third-order valence-corrected chi connectivity index (χ3v) is 4.86. The van der Waals surface area contributed by atoms with Gasteiger partial charge in [-0.05, 0) is 57.5 Å². The molecule has 0 fully saturated rings. The lowest BCUT2D eigenvalue weighted by molar-refractivity contribution is 0.0383. The smallest absolute Gasteiger partial charge is 0.348 e. The zero-order valence-corrected chi connectivity index (χ0v) is 16.0. The molecule has 2 aromatic heterocycles. The van der Waals surface area contributed by atoms with E-state index in [1.54, 1.807) is 0 Å². The fourth-order valence-electron chi connectivity index (χ4n) is 2.57. The molecular formula is C19H21N3O3S. The van der Waals surface area contributed by atoms with Gasteiger partial charge in [-0.25, -0.2) is 14.8 Å². The van der Waals surface area contributed by atoms with E-state index in [9.17, 15) is 4.79 Å². The summed E-state index contributed by atoms with van der Waals surface area (Å²) in [6.07, 6.45) is 1.33. The summed E-state index contributed by atoms with van der Waals surface area (Å²) < 4.78 is 10.8. The maximum Gasteiger partial charge on any atom is 0.348 e. The van der Waals surface area contributed by atoms with Crippen LogP contribution in [0.1, 0.15) is 36.0 Å². The number of anilines is 2. The Labute approximate surface area is 156 Å². The van der Waals surface area contributed by atoms with E-state index < -0.39 is 0 Å². The first-order valence-corrected chi connectivity index (χ1v) is 9.26. The fourth-order valence-corrected chi connectivity index (χ4v) is 3.60. The second-order valence-electron chi connectivity index (χ2n) is 6.00. The minimum absolute atomic E-state index is 0.167. The van der Waals surface area contributed by atoms with Crippen molar-refractivity contribution < 1.29 is 14.3 Å². The van der Waals surface area contributed by atoms with Crippen molar-refractivity contribution in [3.8, 4) is 5.75 Å². The topological polar surface area (TPSA) is 73.3 Å². The van der Waals surface area contributed by atoms with Gasteiger partial charge in [0.15, 0.2) is 0 Å². The molecule has 2 heterocycles. The van der Waals surface area contributed by atoms with Gasteiger partial charge in [0.05, 0.1) is 18.1 Å². The summed E-state index contributed by atoms with van der Waals surface area (Å²) in [5.41, 5.74) is 1.70. The van der Waals surface area contributed by atoms with E-state index in [1.807, 2.05) is 52.0 Å². The summed E-state index contributed by atoms with van der Waals surface area (Å²) in [5.74, 6) is 1.15. The van der Waals surface area contributed by atoms with Crippen LogP contribution >= 0.6 is 11.3 Å². The second-order valence-corrected chi connectivity index (χ2v) is 6.99. The molecule has 136 valence electrons. The number of carbonyl (C=O) groups excluding carboxylic acids is 1. The summed E-state index contributed by atoms with van der Waals surface area (Å²) >= 11 is 1.32. The van der Waals surface area contributed by atoms with E-state index in [0.717, 1.165) is 27.2 Å². The number of esters is 1. The lowest BCUT2D eigenvalue weighted by Crippen LogP contribution is -2.11. The Morgan fingerprint density at radius 1 is 1.23 bits per heavy atom. The van der Waals surface area contributed by atoms with Gasteiger partial charge in [-0.3, -0.25) is 0 Å². The Hall–Kier alpha value is -2.67. The number of nitrogens with zero attached hydrogens (tertiary/aromatic N) is 2. The van der Waals surface area contributed by atoms with Crippen LogP contribution in [-0.4, -0.2) is 28.6 Å². The summed E-state index contributed by atoms with van der Waals surface area (Å²) in [7, 11) is 0. The number of benzene rings is 1. The molecule has 1 N–H and O–H groups in total. The standard InChI is InChI=1S/C19H21N3O3S/c1-5-24-14-8-6-13(7-9-14)22-17-15-12(4)16(19(23)25-11(2)3)26-18(15)21-10-20-17/h6-11H,5H2,1-4H3,(H,20,21,22). The maximum absolute atomic E-state index is 12.3. The summed E-state index contributed by atoms with van der Waals surface area (Å²) in [6.45, 7) is 8.13. The highest BCUT2D eigenvalue weighted by Gasteiger charge is 2.21. The first-order chi connectivity index (χ1) is 12.5. The summed E-state index contributed by atoms with van der Waals surface area (Å²) in [6, 6.07) is 7.65. The Bertz CT molecular complexity index is 920. The number of thiophene rings is 1. The molecule has 0 bridgehead atoms. The molecular weight excluding hydrogens is 350 g/mol. The number of hydrogen-bond donors (Lipinski definition) is 1. The van der Waals surface area contributed by atoms with Crippen molar-refractivity contribution in [2.75, 3.05) is 11.9 Å². The van der Waals surface area contributed by atoms with Crippen molar-refractivity contribution in [2.45, 2.75) is 33.8 Å². The zero-order valence-electron chi connectivity index (χ0n) is 15.2. The van der Waals surface area contributed by atoms with Gasteiger partial charge in [0.25, 0.3) is 0 Å². The van der Waals surface area contributed by atoms with Crippen LogP contribution in [0.5, 0.6) is 5.75 Å². The number of aryl methyl sites for hydroxylation is 1. The van der Waals surface area contributed by atoms with E-state index in [4.69, 9.17) is 9.47 Å². The van der Waals surface area contributed by atoms with Gasteiger partial charge in [-0.2, -0.15) is 0 Å². The van der Waals surface area contributed by atoms with Crippen molar-refractivity contribution in [3.63, 3.8) is 0 Å². The van der Waals surface area contributed by atoms with E-state index in [2.05, 4.69) is 15.3 Å². The lowest BCUT2D eigenvalue weighted by atomic mass is 10.2. The molecule has 0 aliphatic rings. The molecule has 0 unspecified atom stereocenters. The Balaban J connectivity index is 1.93.